The summed E-state index contributed by atoms with van der Waals surface area (Å²) >= 11 is 5.98. The van der Waals surface area contributed by atoms with Crippen LogP contribution in [-0.2, 0) is 6.18 Å². The summed E-state index contributed by atoms with van der Waals surface area (Å²) in [7, 11) is 0. The summed E-state index contributed by atoms with van der Waals surface area (Å²) < 4.78 is 40.7. The van der Waals surface area contributed by atoms with Gasteiger partial charge in [0.15, 0.2) is 5.82 Å². The van der Waals surface area contributed by atoms with Crippen molar-refractivity contribution in [1.29, 1.82) is 5.26 Å². The van der Waals surface area contributed by atoms with Crippen LogP contribution in [-0.4, -0.2) is 25.9 Å². The zero-order valence-corrected chi connectivity index (χ0v) is 18.2. The van der Waals surface area contributed by atoms with Crippen molar-refractivity contribution in [2.45, 2.75) is 13.1 Å². The van der Waals surface area contributed by atoms with Crippen molar-refractivity contribution < 1.29 is 18.0 Å². The maximum absolute atomic E-state index is 13.6. The van der Waals surface area contributed by atoms with Gasteiger partial charge in [0.2, 0.25) is 0 Å². The zero-order chi connectivity index (χ0) is 24.5. The van der Waals surface area contributed by atoms with Crippen molar-refractivity contribution in [3.63, 3.8) is 0 Å². The first kappa shape index (κ1) is 22.9. The van der Waals surface area contributed by atoms with E-state index >= 15 is 0 Å². The number of carbonyl (C=O) groups is 1. The van der Waals surface area contributed by atoms with Gasteiger partial charge in [0.25, 0.3) is 5.91 Å². The van der Waals surface area contributed by atoms with Gasteiger partial charge >= 0.3 is 6.18 Å². The number of benzene rings is 2. The number of aromatic nitrogens is 4. The van der Waals surface area contributed by atoms with E-state index < -0.39 is 23.5 Å². The molecule has 0 aliphatic heterocycles. The van der Waals surface area contributed by atoms with Crippen molar-refractivity contribution in [1.82, 2.24) is 20.0 Å². The van der Waals surface area contributed by atoms with Gasteiger partial charge in [-0.3, -0.25) is 4.79 Å². The molecule has 2 aromatic heterocycles. The van der Waals surface area contributed by atoms with E-state index in [0.29, 0.717) is 16.1 Å². The van der Waals surface area contributed by atoms with Crippen LogP contribution < -0.4 is 5.32 Å². The van der Waals surface area contributed by atoms with Crippen LogP contribution in [0.5, 0.6) is 0 Å². The number of hydrogen-bond donors (Lipinski definition) is 1. The molecular formula is C23H14ClF3N6O. The maximum Gasteiger partial charge on any atom is 0.420 e. The summed E-state index contributed by atoms with van der Waals surface area (Å²) in [5.74, 6) is -1.10. The number of pyridine rings is 1. The van der Waals surface area contributed by atoms with E-state index in [1.165, 1.54) is 12.4 Å². The number of nitrogens with one attached hydrogen (secondary N) is 1. The fourth-order valence-electron chi connectivity index (χ4n) is 3.31. The van der Waals surface area contributed by atoms with Gasteiger partial charge < -0.3 is 5.32 Å². The van der Waals surface area contributed by atoms with E-state index in [9.17, 15) is 23.2 Å². The quantitative estimate of drug-likeness (QED) is 0.418. The highest BCUT2D eigenvalue weighted by molar-refractivity contribution is 6.31. The standard InChI is InChI=1S/C23H14ClF3N6O/c1-13-8-14(15-3-5-20(24)16(9-15)11-28)2-4-18(13)22(34)32-17-10-19(23(25,26)27)21(29-12-17)33-30-6-7-31-33/h2-10,12H,1H3,(H,32,34). The predicted octanol–water partition coefficient (Wildman–Crippen LogP) is 5.43. The second kappa shape index (κ2) is 8.96. The second-order valence-electron chi connectivity index (χ2n) is 7.20. The van der Waals surface area contributed by atoms with E-state index in [4.69, 9.17) is 11.6 Å². The molecule has 4 rings (SSSR count). The first-order chi connectivity index (χ1) is 16.2. The van der Waals surface area contributed by atoms with Crippen LogP contribution in [0.25, 0.3) is 16.9 Å². The molecule has 0 saturated heterocycles. The number of nitrogens with zero attached hydrogens (tertiary/aromatic N) is 5. The van der Waals surface area contributed by atoms with E-state index in [2.05, 4.69) is 20.5 Å². The van der Waals surface area contributed by atoms with Crippen molar-refractivity contribution in [3.05, 3.63) is 88.3 Å². The van der Waals surface area contributed by atoms with Gasteiger partial charge in [-0.15, -0.1) is 4.80 Å². The molecule has 0 aliphatic rings. The number of carbonyl (C=O) groups excluding carboxylic acids is 1. The average Bonchev–Trinajstić information content (AvgIpc) is 3.33. The lowest BCUT2D eigenvalue weighted by molar-refractivity contribution is -0.137. The third kappa shape index (κ3) is 4.60. The minimum absolute atomic E-state index is 0.131. The molecule has 0 bridgehead atoms. The molecule has 0 unspecified atom stereocenters. The van der Waals surface area contributed by atoms with E-state index in [1.54, 1.807) is 43.3 Å². The third-order valence-corrected chi connectivity index (χ3v) is 5.26. The molecule has 34 heavy (non-hydrogen) atoms. The molecule has 11 heteroatoms. The van der Waals surface area contributed by atoms with Crippen molar-refractivity contribution >= 4 is 23.2 Å². The lowest BCUT2D eigenvalue weighted by Crippen LogP contribution is -2.17. The topological polar surface area (TPSA) is 96.5 Å². The maximum atomic E-state index is 13.6. The third-order valence-electron chi connectivity index (χ3n) is 4.93. The fourth-order valence-corrected chi connectivity index (χ4v) is 3.47. The molecule has 0 saturated carbocycles. The van der Waals surface area contributed by atoms with Crippen molar-refractivity contribution in [3.8, 4) is 23.0 Å². The molecule has 0 radical (unpaired) electrons. The Morgan fingerprint density at radius 1 is 1.09 bits per heavy atom. The molecular weight excluding hydrogens is 469 g/mol. The Bertz CT molecular complexity index is 1430. The molecule has 0 fully saturated rings. The Morgan fingerprint density at radius 2 is 1.76 bits per heavy atom. The number of halogens is 4. The van der Waals surface area contributed by atoms with E-state index in [1.807, 2.05) is 6.07 Å². The van der Waals surface area contributed by atoms with Gasteiger partial charge in [0.05, 0.1) is 34.9 Å². The highest BCUT2D eigenvalue weighted by Crippen LogP contribution is 2.34. The number of anilines is 1. The Balaban J connectivity index is 1.61. The van der Waals surface area contributed by atoms with Crippen LogP contribution in [0.3, 0.4) is 0 Å². The van der Waals surface area contributed by atoms with Crippen LogP contribution in [0.1, 0.15) is 27.0 Å². The number of nitriles is 1. The molecule has 0 aliphatic carbocycles. The molecule has 170 valence electrons. The molecule has 4 aromatic rings. The molecule has 0 atom stereocenters. The number of rotatable bonds is 4. The molecule has 7 nitrogen and oxygen atoms in total. The normalized spacial score (nSPS) is 11.2. The molecule has 1 amide bonds. The Kier molecular flexibility index (Phi) is 6.04. The first-order valence-electron chi connectivity index (χ1n) is 9.73. The second-order valence-corrected chi connectivity index (χ2v) is 7.61. The number of amides is 1. The van der Waals surface area contributed by atoms with E-state index in [-0.39, 0.29) is 11.3 Å². The van der Waals surface area contributed by atoms with Crippen LogP contribution in [0.4, 0.5) is 18.9 Å². The van der Waals surface area contributed by atoms with Crippen molar-refractivity contribution in [2.24, 2.45) is 0 Å². The monoisotopic (exact) mass is 482 g/mol. The van der Waals surface area contributed by atoms with E-state index in [0.717, 1.165) is 28.2 Å². The average molecular weight is 483 g/mol. The Morgan fingerprint density at radius 3 is 2.41 bits per heavy atom. The molecule has 2 heterocycles. The Hall–Kier alpha value is -4.23. The van der Waals surface area contributed by atoms with Crippen LogP contribution >= 0.6 is 11.6 Å². The van der Waals surface area contributed by atoms with Gasteiger partial charge in [-0.2, -0.15) is 28.6 Å². The fraction of sp³-hybridized carbons (Fsp3) is 0.0870. The highest BCUT2D eigenvalue weighted by atomic mass is 35.5. The smallest absolute Gasteiger partial charge is 0.321 e. The van der Waals surface area contributed by atoms with Gasteiger partial charge in [-0.05, 0) is 47.9 Å². The summed E-state index contributed by atoms with van der Waals surface area (Å²) in [5, 5.41) is 19.3. The summed E-state index contributed by atoms with van der Waals surface area (Å²) in [6.07, 6.45) is -1.17. The summed E-state index contributed by atoms with van der Waals surface area (Å²) in [6.45, 7) is 1.70. The Labute approximate surface area is 196 Å². The minimum Gasteiger partial charge on any atom is -0.321 e. The van der Waals surface area contributed by atoms with Gasteiger partial charge in [-0.25, -0.2) is 4.98 Å². The van der Waals surface area contributed by atoms with Crippen LogP contribution in [0.15, 0.2) is 61.1 Å². The minimum atomic E-state index is -4.74. The van der Waals surface area contributed by atoms with Crippen LogP contribution in [0, 0.1) is 18.3 Å². The summed E-state index contributed by atoms with van der Waals surface area (Å²) in [6, 6.07) is 12.8. The number of alkyl halides is 3. The lowest BCUT2D eigenvalue weighted by atomic mass is 9.98. The largest absolute Gasteiger partial charge is 0.420 e. The zero-order valence-electron chi connectivity index (χ0n) is 17.4. The number of aryl methyl sites for hydroxylation is 1. The molecule has 0 spiro atoms. The lowest BCUT2D eigenvalue weighted by Gasteiger charge is -2.14. The van der Waals surface area contributed by atoms with Crippen LogP contribution in [0.2, 0.25) is 5.02 Å². The highest BCUT2D eigenvalue weighted by Gasteiger charge is 2.36. The molecule has 2 aromatic carbocycles. The van der Waals surface area contributed by atoms with Gasteiger partial charge in [0, 0.05) is 5.56 Å². The number of hydrogen-bond acceptors (Lipinski definition) is 5. The summed E-state index contributed by atoms with van der Waals surface area (Å²) in [5.41, 5.74) is 1.43. The van der Waals surface area contributed by atoms with Crippen molar-refractivity contribution in [2.75, 3.05) is 5.32 Å². The predicted molar refractivity (Wildman–Crippen MR) is 118 cm³/mol. The summed E-state index contributed by atoms with van der Waals surface area (Å²) in [4.78, 5) is 17.3. The first-order valence-corrected chi connectivity index (χ1v) is 10.1. The van der Waals surface area contributed by atoms with Gasteiger partial charge in [-0.1, -0.05) is 29.8 Å². The molecule has 1 N–H and O–H groups in total. The van der Waals surface area contributed by atoms with Gasteiger partial charge in [0.1, 0.15) is 11.6 Å². The SMILES string of the molecule is Cc1cc(-c2ccc(Cl)c(C#N)c2)ccc1C(=O)Nc1cnc(-n2nccn2)c(C(F)(F)F)c1.